The van der Waals surface area contributed by atoms with Crippen LogP contribution in [0.15, 0.2) is 48.8 Å². The molecule has 3 aromatic rings. The summed E-state index contributed by atoms with van der Waals surface area (Å²) in [6, 6.07) is 13.9. The van der Waals surface area contributed by atoms with Gasteiger partial charge in [-0.05, 0) is 52.2 Å². The zero-order chi connectivity index (χ0) is 21.1. The van der Waals surface area contributed by atoms with Gasteiger partial charge >= 0.3 is 0 Å². The molecule has 158 valence electrons. The van der Waals surface area contributed by atoms with Gasteiger partial charge in [0.2, 0.25) is 5.95 Å². The summed E-state index contributed by atoms with van der Waals surface area (Å²) in [4.78, 5) is 16.3. The molecular formula is C24H32N6. The van der Waals surface area contributed by atoms with Gasteiger partial charge in [0.1, 0.15) is 5.82 Å². The molecule has 0 aliphatic carbocycles. The number of hydrogen-bond acceptors (Lipinski definition) is 5. The van der Waals surface area contributed by atoms with Crippen molar-refractivity contribution in [2.45, 2.75) is 58.7 Å². The van der Waals surface area contributed by atoms with Crippen LogP contribution in [0.5, 0.6) is 0 Å². The number of likely N-dealkylation sites (tertiary alicyclic amines) is 1. The van der Waals surface area contributed by atoms with Crippen LogP contribution in [0.25, 0.3) is 11.4 Å². The summed E-state index contributed by atoms with van der Waals surface area (Å²) in [7, 11) is 0. The topological polar surface area (TPSA) is 58.9 Å². The lowest BCUT2D eigenvalue weighted by atomic mass is 10.0. The molecule has 0 radical (unpaired) electrons. The lowest BCUT2D eigenvalue weighted by molar-refractivity contribution is 0.167. The first-order valence-electron chi connectivity index (χ1n) is 11.0. The van der Waals surface area contributed by atoms with Gasteiger partial charge in [0.05, 0.1) is 17.6 Å². The molecule has 1 fully saturated rings. The van der Waals surface area contributed by atoms with Gasteiger partial charge in [-0.25, -0.2) is 15.0 Å². The van der Waals surface area contributed by atoms with Gasteiger partial charge in [-0.3, -0.25) is 4.90 Å². The molecule has 30 heavy (non-hydrogen) atoms. The number of nitrogens with one attached hydrogen (secondary N) is 1. The van der Waals surface area contributed by atoms with Crippen LogP contribution >= 0.6 is 0 Å². The van der Waals surface area contributed by atoms with E-state index in [0.717, 1.165) is 43.1 Å². The summed E-state index contributed by atoms with van der Waals surface area (Å²) in [6.45, 7) is 10.8. The largest absolute Gasteiger partial charge is 0.351 e. The molecule has 0 amide bonds. The van der Waals surface area contributed by atoms with Crippen LogP contribution in [0, 0.1) is 6.92 Å². The van der Waals surface area contributed by atoms with E-state index in [4.69, 9.17) is 4.98 Å². The maximum atomic E-state index is 4.80. The SMILES string of the molecule is Cc1ncc(-c2ccnc(NC3CCN(C(C)c4ccccc4)CC3)n2)n1C(C)C. The molecule has 1 N–H and O–H groups in total. The van der Waals surface area contributed by atoms with E-state index in [1.807, 2.05) is 25.4 Å². The van der Waals surface area contributed by atoms with Gasteiger partial charge in [0, 0.05) is 37.4 Å². The lowest BCUT2D eigenvalue weighted by Crippen LogP contribution is -2.40. The van der Waals surface area contributed by atoms with Crippen molar-refractivity contribution in [1.82, 2.24) is 24.4 Å². The first-order valence-corrected chi connectivity index (χ1v) is 11.0. The zero-order valence-corrected chi connectivity index (χ0v) is 18.4. The summed E-state index contributed by atoms with van der Waals surface area (Å²) in [5.41, 5.74) is 3.34. The number of imidazole rings is 1. The second-order valence-electron chi connectivity index (χ2n) is 8.46. The Hall–Kier alpha value is -2.73. The molecule has 1 atom stereocenters. The van der Waals surface area contributed by atoms with Crippen LogP contribution < -0.4 is 5.32 Å². The molecule has 1 aliphatic rings. The van der Waals surface area contributed by atoms with Crippen LogP contribution in [-0.2, 0) is 0 Å². The quantitative estimate of drug-likeness (QED) is 0.635. The number of rotatable bonds is 6. The van der Waals surface area contributed by atoms with Gasteiger partial charge in [-0.2, -0.15) is 0 Å². The maximum absolute atomic E-state index is 4.80. The van der Waals surface area contributed by atoms with Crippen molar-refractivity contribution in [3.63, 3.8) is 0 Å². The van der Waals surface area contributed by atoms with Crippen molar-refractivity contribution in [2.24, 2.45) is 0 Å². The van der Waals surface area contributed by atoms with Crippen LogP contribution in [0.1, 0.15) is 57.1 Å². The Morgan fingerprint density at radius 3 is 2.43 bits per heavy atom. The Kier molecular flexibility index (Phi) is 6.13. The molecule has 6 nitrogen and oxygen atoms in total. The van der Waals surface area contributed by atoms with E-state index in [-0.39, 0.29) is 0 Å². The minimum atomic E-state index is 0.338. The normalized spacial score (nSPS) is 16.7. The van der Waals surface area contributed by atoms with E-state index in [1.165, 1.54) is 5.56 Å². The van der Waals surface area contributed by atoms with E-state index in [9.17, 15) is 0 Å². The zero-order valence-electron chi connectivity index (χ0n) is 18.4. The molecule has 0 saturated carbocycles. The highest BCUT2D eigenvalue weighted by Gasteiger charge is 2.24. The highest BCUT2D eigenvalue weighted by atomic mass is 15.2. The monoisotopic (exact) mass is 404 g/mol. The third-order valence-corrected chi connectivity index (χ3v) is 6.11. The summed E-state index contributed by atoms with van der Waals surface area (Å²) in [5, 5.41) is 3.57. The molecule has 2 aromatic heterocycles. The van der Waals surface area contributed by atoms with Gasteiger partial charge in [-0.1, -0.05) is 30.3 Å². The Morgan fingerprint density at radius 1 is 1.00 bits per heavy atom. The molecule has 1 saturated heterocycles. The standard InChI is InChI=1S/C24H32N6/c1-17(2)30-19(4)26-16-23(30)22-10-13-25-24(28-22)27-21-11-14-29(15-12-21)18(3)20-8-6-5-7-9-20/h5-10,13,16-18,21H,11-12,14-15H2,1-4H3,(H,25,27,28). The number of nitrogens with zero attached hydrogens (tertiary/aromatic N) is 5. The molecule has 1 aliphatic heterocycles. The maximum Gasteiger partial charge on any atom is 0.223 e. The van der Waals surface area contributed by atoms with Crippen molar-refractivity contribution in [2.75, 3.05) is 18.4 Å². The number of benzene rings is 1. The van der Waals surface area contributed by atoms with E-state index in [0.29, 0.717) is 24.1 Å². The van der Waals surface area contributed by atoms with Crippen molar-refractivity contribution in [1.29, 1.82) is 0 Å². The van der Waals surface area contributed by atoms with Crippen LogP contribution in [0.3, 0.4) is 0 Å². The summed E-state index contributed by atoms with van der Waals surface area (Å²) in [6.07, 6.45) is 5.93. The molecule has 6 heteroatoms. The highest BCUT2D eigenvalue weighted by molar-refractivity contribution is 5.56. The number of hydrogen-bond donors (Lipinski definition) is 1. The summed E-state index contributed by atoms with van der Waals surface area (Å²) >= 11 is 0. The highest BCUT2D eigenvalue weighted by Crippen LogP contribution is 2.26. The van der Waals surface area contributed by atoms with Crippen molar-refractivity contribution in [3.05, 3.63) is 60.2 Å². The smallest absolute Gasteiger partial charge is 0.223 e. The minimum Gasteiger partial charge on any atom is -0.351 e. The fourth-order valence-electron chi connectivity index (χ4n) is 4.42. The van der Waals surface area contributed by atoms with Crippen molar-refractivity contribution in [3.8, 4) is 11.4 Å². The van der Waals surface area contributed by atoms with Gasteiger partial charge in [-0.15, -0.1) is 0 Å². The second-order valence-corrected chi connectivity index (χ2v) is 8.46. The summed E-state index contributed by atoms with van der Waals surface area (Å²) in [5.74, 6) is 1.71. The first-order chi connectivity index (χ1) is 14.5. The Morgan fingerprint density at radius 2 is 1.73 bits per heavy atom. The van der Waals surface area contributed by atoms with Gasteiger partial charge in [0.15, 0.2) is 0 Å². The molecule has 0 bridgehead atoms. The molecule has 3 heterocycles. The molecule has 1 aromatic carbocycles. The lowest BCUT2D eigenvalue weighted by Gasteiger charge is -2.36. The number of aryl methyl sites for hydroxylation is 1. The Labute approximate surface area is 179 Å². The molecule has 0 spiro atoms. The van der Waals surface area contributed by atoms with E-state index < -0.39 is 0 Å². The minimum absolute atomic E-state index is 0.338. The average Bonchev–Trinajstić information content (AvgIpc) is 3.16. The van der Waals surface area contributed by atoms with E-state index in [2.05, 4.69) is 75.9 Å². The number of aromatic nitrogens is 4. The van der Waals surface area contributed by atoms with E-state index in [1.54, 1.807) is 0 Å². The Bertz CT molecular complexity index is 957. The number of anilines is 1. The summed E-state index contributed by atoms with van der Waals surface area (Å²) < 4.78 is 2.22. The van der Waals surface area contributed by atoms with Gasteiger partial charge in [0.25, 0.3) is 0 Å². The molecule has 1 unspecified atom stereocenters. The second kappa shape index (κ2) is 8.96. The third kappa shape index (κ3) is 4.38. The van der Waals surface area contributed by atoms with E-state index >= 15 is 0 Å². The van der Waals surface area contributed by atoms with Crippen LogP contribution in [0.4, 0.5) is 5.95 Å². The fraction of sp³-hybridized carbons (Fsp3) is 0.458. The Balaban J connectivity index is 1.40. The number of piperidine rings is 1. The molecular weight excluding hydrogens is 372 g/mol. The van der Waals surface area contributed by atoms with Crippen LogP contribution in [0.2, 0.25) is 0 Å². The predicted octanol–water partition coefficient (Wildman–Crippen LogP) is 4.87. The first kappa shape index (κ1) is 20.5. The molecule has 4 rings (SSSR count). The average molecular weight is 405 g/mol. The fourth-order valence-corrected chi connectivity index (χ4v) is 4.42. The van der Waals surface area contributed by atoms with Crippen molar-refractivity contribution >= 4 is 5.95 Å². The van der Waals surface area contributed by atoms with Gasteiger partial charge < -0.3 is 9.88 Å². The van der Waals surface area contributed by atoms with Crippen molar-refractivity contribution < 1.29 is 0 Å². The predicted molar refractivity (Wildman–Crippen MR) is 121 cm³/mol. The van der Waals surface area contributed by atoms with Crippen LogP contribution in [-0.4, -0.2) is 43.6 Å². The third-order valence-electron chi connectivity index (χ3n) is 6.11.